The SMILES string of the molecule is Cc1cc(N)ccc1-n1cnc(C(C)C)c1. The van der Waals surface area contributed by atoms with Crippen molar-refractivity contribution in [1.29, 1.82) is 0 Å². The van der Waals surface area contributed by atoms with E-state index in [9.17, 15) is 0 Å². The van der Waals surface area contributed by atoms with E-state index in [1.807, 2.05) is 29.1 Å². The molecule has 3 nitrogen and oxygen atoms in total. The zero-order chi connectivity index (χ0) is 11.7. The molecule has 0 atom stereocenters. The predicted octanol–water partition coefficient (Wildman–Crippen LogP) is 2.89. The van der Waals surface area contributed by atoms with Gasteiger partial charge < -0.3 is 10.3 Å². The molecule has 0 saturated carbocycles. The van der Waals surface area contributed by atoms with Gasteiger partial charge in [0, 0.05) is 17.6 Å². The molecule has 2 N–H and O–H groups in total. The number of nitrogens with zero attached hydrogens (tertiary/aromatic N) is 2. The van der Waals surface area contributed by atoms with E-state index < -0.39 is 0 Å². The quantitative estimate of drug-likeness (QED) is 0.783. The normalized spacial score (nSPS) is 11.0. The summed E-state index contributed by atoms with van der Waals surface area (Å²) in [5.41, 5.74) is 9.93. The number of anilines is 1. The van der Waals surface area contributed by atoms with E-state index >= 15 is 0 Å². The van der Waals surface area contributed by atoms with Crippen molar-refractivity contribution in [2.75, 3.05) is 5.73 Å². The van der Waals surface area contributed by atoms with Gasteiger partial charge >= 0.3 is 0 Å². The van der Waals surface area contributed by atoms with Gasteiger partial charge in [-0.05, 0) is 36.6 Å². The van der Waals surface area contributed by atoms with Gasteiger partial charge in [-0.3, -0.25) is 0 Å². The predicted molar refractivity (Wildman–Crippen MR) is 66.8 cm³/mol. The van der Waals surface area contributed by atoms with Gasteiger partial charge in [-0.15, -0.1) is 0 Å². The summed E-state index contributed by atoms with van der Waals surface area (Å²) in [5.74, 6) is 0.454. The lowest BCUT2D eigenvalue weighted by atomic mass is 10.1. The highest BCUT2D eigenvalue weighted by molar-refractivity contribution is 5.51. The van der Waals surface area contributed by atoms with Crippen molar-refractivity contribution in [1.82, 2.24) is 9.55 Å². The fourth-order valence-corrected chi connectivity index (χ4v) is 1.74. The van der Waals surface area contributed by atoms with E-state index in [-0.39, 0.29) is 0 Å². The largest absolute Gasteiger partial charge is 0.399 e. The van der Waals surface area contributed by atoms with Gasteiger partial charge in [-0.1, -0.05) is 13.8 Å². The Bertz CT molecular complexity index is 498. The van der Waals surface area contributed by atoms with Crippen LogP contribution in [0.3, 0.4) is 0 Å². The molecular weight excluding hydrogens is 198 g/mol. The first-order valence-electron chi connectivity index (χ1n) is 5.48. The van der Waals surface area contributed by atoms with Crippen molar-refractivity contribution >= 4 is 5.69 Å². The molecule has 0 saturated heterocycles. The summed E-state index contributed by atoms with van der Waals surface area (Å²) in [7, 11) is 0. The summed E-state index contributed by atoms with van der Waals surface area (Å²) in [5, 5.41) is 0. The molecule has 0 aliphatic rings. The van der Waals surface area contributed by atoms with Gasteiger partial charge in [0.15, 0.2) is 0 Å². The zero-order valence-electron chi connectivity index (χ0n) is 9.94. The highest BCUT2D eigenvalue weighted by Crippen LogP contribution is 2.19. The summed E-state index contributed by atoms with van der Waals surface area (Å²) < 4.78 is 2.05. The summed E-state index contributed by atoms with van der Waals surface area (Å²) in [6.07, 6.45) is 3.93. The summed E-state index contributed by atoms with van der Waals surface area (Å²) in [4.78, 5) is 4.39. The third-order valence-electron chi connectivity index (χ3n) is 2.69. The van der Waals surface area contributed by atoms with Crippen LogP contribution in [0, 0.1) is 6.92 Å². The fourth-order valence-electron chi connectivity index (χ4n) is 1.74. The van der Waals surface area contributed by atoms with Crippen LogP contribution < -0.4 is 5.73 Å². The van der Waals surface area contributed by atoms with Crippen molar-refractivity contribution < 1.29 is 0 Å². The maximum Gasteiger partial charge on any atom is 0.0995 e. The highest BCUT2D eigenvalue weighted by Gasteiger charge is 2.06. The smallest absolute Gasteiger partial charge is 0.0995 e. The molecule has 2 aromatic rings. The van der Waals surface area contributed by atoms with Gasteiger partial charge in [0.1, 0.15) is 0 Å². The number of benzene rings is 1. The van der Waals surface area contributed by atoms with E-state index in [4.69, 9.17) is 5.73 Å². The van der Waals surface area contributed by atoms with Crippen molar-refractivity contribution in [2.24, 2.45) is 0 Å². The Hall–Kier alpha value is -1.77. The molecule has 0 aliphatic carbocycles. The van der Waals surface area contributed by atoms with Crippen LogP contribution in [0.5, 0.6) is 0 Å². The molecule has 0 bridgehead atoms. The van der Waals surface area contributed by atoms with Crippen LogP contribution in [0.2, 0.25) is 0 Å². The number of hydrogen-bond donors (Lipinski definition) is 1. The third-order valence-corrected chi connectivity index (χ3v) is 2.69. The molecule has 0 radical (unpaired) electrons. The Morgan fingerprint density at radius 3 is 2.62 bits per heavy atom. The Morgan fingerprint density at radius 2 is 2.06 bits per heavy atom. The Balaban J connectivity index is 2.42. The molecule has 1 aromatic heterocycles. The molecule has 1 aromatic carbocycles. The van der Waals surface area contributed by atoms with Gasteiger partial charge in [0.05, 0.1) is 12.0 Å². The van der Waals surface area contributed by atoms with Crippen LogP contribution in [0.4, 0.5) is 5.69 Å². The minimum atomic E-state index is 0.454. The van der Waals surface area contributed by atoms with Crippen LogP contribution in [0.15, 0.2) is 30.7 Å². The van der Waals surface area contributed by atoms with Crippen molar-refractivity contribution in [3.8, 4) is 5.69 Å². The van der Waals surface area contributed by atoms with Crippen molar-refractivity contribution in [3.05, 3.63) is 42.0 Å². The second-order valence-corrected chi connectivity index (χ2v) is 4.41. The number of aromatic nitrogens is 2. The molecule has 0 unspecified atom stereocenters. The molecule has 0 amide bonds. The van der Waals surface area contributed by atoms with Gasteiger partial charge in [-0.2, -0.15) is 0 Å². The van der Waals surface area contributed by atoms with Crippen LogP contribution in [-0.4, -0.2) is 9.55 Å². The molecule has 0 fully saturated rings. The van der Waals surface area contributed by atoms with Gasteiger partial charge in [0.2, 0.25) is 0 Å². The number of nitrogens with two attached hydrogens (primary N) is 1. The number of rotatable bonds is 2. The van der Waals surface area contributed by atoms with Crippen molar-refractivity contribution in [2.45, 2.75) is 26.7 Å². The van der Waals surface area contributed by atoms with Crippen LogP contribution in [-0.2, 0) is 0 Å². The lowest BCUT2D eigenvalue weighted by Crippen LogP contribution is -1.95. The van der Waals surface area contributed by atoms with E-state index in [1.54, 1.807) is 0 Å². The van der Waals surface area contributed by atoms with Crippen LogP contribution >= 0.6 is 0 Å². The molecule has 2 rings (SSSR count). The minimum absolute atomic E-state index is 0.454. The second kappa shape index (κ2) is 4.00. The first kappa shape index (κ1) is 10.7. The van der Waals surface area contributed by atoms with Gasteiger partial charge in [0.25, 0.3) is 0 Å². The molecule has 0 aliphatic heterocycles. The van der Waals surface area contributed by atoms with E-state index in [1.165, 1.54) is 0 Å². The summed E-state index contributed by atoms with van der Waals surface area (Å²) in [6.45, 7) is 6.34. The fraction of sp³-hybridized carbons (Fsp3) is 0.308. The number of aryl methyl sites for hydroxylation is 1. The first-order valence-corrected chi connectivity index (χ1v) is 5.48. The first-order chi connectivity index (χ1) is 7.58. The molecule has 3 heteroatoms. The van der Waals surface area contributed by atoms with E-state index in [0.29, 0.717) is 5.92 Å². The molecule has 0 spiro atoms. The Morgan fingerprint density at radius 1 is 1.31 bits per heavy atom. The molecule has 1 heterocycles. The average Bonchev–Trinajstić information content (AvgIpc) is 2.66. The van der Waals surface area contributed by atoms with Crippen molar-refractivity contribution in [3.63, 3.8) is 0 Å². The van der Waals surface area contributed by atoms with Gasteiger partial charge in [-0.25, -0.2) is 4.98 Å². The average molecular weight is 215 g/mol. The lowest BCUT2D eigenvalue weighted by Gasteiger charge is -2.07. The molecule has 84 valence electrons. The maximum atomic E-state index is 5.73. The monoisotopic (exact) mass is 215 g/mol. The zero-order valence-corrected chi connectivity index (χ0v) is 9.94. The Kier molecular flexibility index (Phi) is 2.69. The summed E-state index contributed by atoms with van der Waals surface area (Å²) >= 11 is 0. The number of nitrogen functional groups attached to an aromatic ring is 1. The third kappa shape index (κ3) is 1.94. The second-order valence-electron chi connectivity index (χ2n) is 4.41. The summed E-state index contributed by atoms with van der Waals surface area (Å²) in [6, 6.07) is 5.91. The van der Waals surface area contributed by atoms with E-state index in [2.05, 4.69) is 32.0 Å². The molecular formula is C13H17N3. The maximum absolute atomic E-state index is 5.73. The Labute approximate surface area is 95.9 Å². The minimum Gasteiger partial charge on any atom is -0.399 e. The number of imidazole rings is 1. The van der Waals surface area contributed by atoms with Crippen LogP contribution in [0.25, 0.3) is 5.69 Å². The molecule has 16 heavy (non-hydrogen) atoms. The topological polar surface area (TPSA) is 43.8 Å². The van der Waals surface area contributed by atoms with Crippen LogP contribution in [0.1, 0.15) is 31.0 Å². The van der Waals surface area contributed by atoms with E-state index in [0.717, 1.165) is 22.6 Å². The highest BCUT2D eigenvalue weighted by atomic mass is 15.0. The standard InChI is InChI=1S/C13H17N3/c1-9(2)12-7-16(8-15-12)13-5-4-11(14)6-10(13)3/h4-9H,14H2,1-3H3. The number of hydrogen-bond acceptors (Lipinski definition) is 2. The lowest BCUT2D eigenvalue weighted by molar-refractivity contribution is 0.831.